The second-order valence-corrected chi connectivity index (χ2v) is 5.55. The number of hydrogen-bond acceptors (Lipinski definition) is 3. The minimum absolute atomic E-state index is 0. The zero-order valence-corrected chi connectivity index (χ0v) is 13.9. The largest absolute Gasteiger partial charge is 0.399 e. The molecular formula is C18H23ClN2O2. The Labute approximate surface area is 143 Å². The van der Waals surface area contributed by atoms with Crippen LogP contribution in [0.2, 0.25) is 0 Å². The van der Waals surface area contributed by atoms with Crippen LogP contribution in [0.1, 0.15) is 30.6 Å². The van der Waals surface area contributed by atoms with Gasteiger partial charge in [0.1, 0.15) is 0 Å². The van der Waals surface area contributed by atoms with Crippen LogP contribution in [0.4, 0.5) is 5.69 Å². The van der Waals surface area contributed by atoms with Crippen LogP contribution in [0.15, 0.2) is 54.6 Å². The van der Waals surface area contributed by atoms with Crippen molar-refractivity contribution in [1.82, 2.24) is 5.32 Å². The molecule has 23 heavy (non-hydrogen) atoms. The van der Waals surface area contributed by atoms with Crippen LogP contribution >= 0.6 is 12.4 Å². The Morgan fingerprint density at radius 1 is 1.13 bits per heavy atom. The van der Waals surface area contributed by atoms with Gasteiger partial charge in [-0.25, -0.2) is 0 Å². The normalized spacial score (nSPS) is 12.8. The van der Waals surface area contributed by atoms with Gasteiger partial charge in [-0.2, -0.15) is 0 Å². The molecule has 4 N–H and O–H groups in total. The first-order valence-corrected chi connectivity index (χ1v) is 7.41. The molecule has 0 aliphatic carbocycles. The Morgan fingerprint density at radius 2 is 1.74 bits per heavy atom. The fourth-order valence-corrected chi connectivity index (χ4v) is 2.35. The van der Waals surface area contributed by atoms with E-state index in [2.05, 4.69) is 5.32 Å². The maximum Gasteiger partial charge on any atom is 0.224 e. The first-order chi connectivity index (χ1) is 10.5. The molecule has 0 saturated heterocycles. The van der Waals surface area contributed by atoms with Gasteiger partial charge in [-0.05, 0) is 36.6 Å². The SMILES string of the molecule is CC(CC(O)c1ccccc1)NC(=O)Cc1ccc(N)cc1.Cl. The van der Waals surface area contributed by atoms with Crippen molar-refractivity contribution in [1.29, 1.82) is 0 Å². The fourth-order valence-electron chi connectivity index (χ4n) is 2.35. The van der Waals surface area contributed by atoms with Crippen LogP contribution in [-0.4, -0.2) is 17.1 Å². The highest BCUT2D eigenvalue weighted by Crippen LogP contribution is 2.17. The average Bonchev–Trinajstić information content (AvgIpc) is 2.50. The van der Waals surface area contributed by atoms with Gasteiger partial charge in [0.2, 0.25) is 5.91 Å². The lowest BCUT2D eigenvalue weighted by Gasteiger charge is -2.18. The third kappa shape index (κ3) is 6.30. The Kier molecular flexibility index (Phi) is 7.59. The molecule has 2 aromatic rings. The third-order valence-electron chi connectivity index (χ3n) is 3.51. The molecule has 0 fully saturated rings. The number of benzene rings is 2. The summed E-state index contributed by atoms with van der Waals surface area (Å²) < 4.78 is 0. The lowest BCUT2D eigenvalue weighted by molar-refractivity contribution is -0.121. The summed E-state index contributed by atoms with van der Waals surface area (Å²) in [5, 5.41) is 13.1. The number of anilines is 1. The summed E-state index contributed by atoms with van der Waals surface area (Å²) in [5.41, 5.74) is 8.09. The summed E-state index contributed by atoms with van der Waals surface area (Å²) in [7, 11) is 0. The van der Waals surface area contributed by atoms with Crippen molar-refractivity contribution in [2.24, 2.45) is 0 Å². The molecule has 0 aliphatic heterocycles. The van der Waals surface area contributed by atoms with Gasteiger partial charge >= 0.3 is 0 Å². The topological polar surface area (TPSA) is 75.3 Å². The number of aliphatic hydroxyl groups is 1. The van der Waals surface area contributed by atoms with Crippen LogP contribution in [0, 0.1) is 0 Å². The van der Waals surface area contributed by atoms with Crippen molar-refractivity contribution in [3.8, 4) is 0 Å². The number of halogens is 1. The van der Waals surface area contributed by atoms with E-state index in [4.69, 9.17) is 5.73 Å². The second-order valence-electron chi connectivity index (χ2n) is 5.55. The van der Waals surface area contributed by atoms with E-state index in [9.17, 15) is 9.90 Å². The molecule has 1 amide bonds. The van der Waals surface area contributed by atoms with Crippen molar-refractivity contribution in [2.45, 2.75) is 31.9 Å². The second kappa shape index (κ2) is 9.18. The highest BCUT2D eigenvalue weighted by molar-refractivity contribution is 5.85. The molecule has 0 bridgehead atoms. The predicted octanol–water partition coefficient (Wildman–Crippen LogP) is 2.86. The number of nitrogen functional groups attached to an aromatic ring is 1. The third-order valence-corrected chi connectivity index (χ3v) is 3.51. The monoisotopic (exact) mass is 334 g/mol. The van der Waals surface area contributed by atoms with Gasteiger partial charge < -0.3 is 16.2 Å². The van der Waals surface area contributed by atoms with Crippen LogP contribution < -0.4 is 11.1 Å². The van der Waals surface area contributed by atoms with E-state index in [1.807, 2.05) is 49.4 Å². The average molecular weight is 335 g/mol. The highest BCUT2D eigenvalue weighted by Gasteiger charge is 2.14. The number of carbonyl (C=O) groups excluding carboxylic acids is 1. The van der Waals surface area contributed by atoms with Crippen molar-refractivity contribution in [2.75, 3.05) is 5.73 Å². The van der Waals surface area contributed by atoms with Crippen LogP contribution in [-0.2, 0) is 11.2 Å². The maximum atomic E-state index is 12.0. The first-order valence-electron chi connectivity index (χ1n) is 7.41. The van der Waals surface area contributed by atoms with Gasteiger partial charge in [-0.15, -0.1) is 12.4 Å². The summed E-state index contributed by atoms with van der Waals surface area (Å²) in [6.07, 6.45) is 0.219. The Balaban J connectivity index is 0.00000264. The molecule has 0 spiro atoms. The number of amides is 1. The van der Waals surface area contributed by atoms with Gasteiger partial charge in [0.15, 0.2) is 0 Å². The van der Waals surface area contributed by atoms with E-state index in [1.54, 1.807) is 12.1 Å². The number of carbonyl (C=O) groups is 1. The van der Waals surface area contributed by atoms with Gasteiger partial charge in [-0.3, -0.25) is 4.79 Å². The molecule has 2 unspecified atom stereocenters. The van der Waals surface area contributed by atoms with E-state index in [-0.39, 0.29) is 24.4 Å². The molecule has 2 atom stereocenters. The van der Waals surface area contributed by atoms with Crippen LogP contribution in [0.5, 0.6) is 0 Å². The highest BCUT2D eigenvalue weighted by atomic mass is 35.5. The van der Waals surface area contributed by atoms with Crippen molar-refractivity contribution in [3.63, 3.8) is 0 Å². The van der Waals surface area contributed by atoms with Crippen molar-refractivity contribution in [3.05, 3.63) is 65.7 Å². The lowest BCUT2D eigenvalue weighted by Crippen LogP contribution is -2.34. The Morgan fingerprint density at radius 3 is 2.35 bits per heavy atom. The molecule has 0 heterocycles. The zero-order valence-electron chi connectivity index (χ0n) is 13.1. The number of hydrogen-bond donors (Lipinski definition) is 3. The van der Waals surface area contributed by atoms with E-state index < -0.39 is 6.10 Å². The molecule has 0 aromatic heterocycles. The van der Waals surface area contributed by atoms with E-state index in [1.165, 1.54) is 0 Å². The molecule has 2 rings (SSSR count). The summed E-state index contributed by atoms with van der Waals surface area (Å²) in [6, 6.07) is 16.6. The van der Waals surface area contributed by atoms with Crippen LogP contribution in [0.25, 0.3) is 0 Å². The molecular weight excluding hydrogens is 312 g/mol. The van der Waals surface area contributed by atoms with E-state index >= 15 is 0 Å². The van der Waals surface area contributed by atoms with Gasteiger partial charge in [0.05, 0.1) is 12.5 Å². The van der Waals surface area contributed by atoms with E-state index in [0.717, 1.165) is 11.1 Å². The number of nitrogens with one attached hydrogen (secondary N) is 1. The Hall–Kier alpha value is -2.04. The van der Waals surface area contributed by atoms with Crippen LogP contribution in [0.3, 0.4) is 0 Å². The van der Waals surface area contributed by atoms with E-state index in [0.29, 0.717) is 18.5 Å². The summed E-state index contributed by atoms with van der Waals surface area (Å²) >= 11 is 0. The first kappa shape index (κ1) is 19.0. The number of nitrogens with two attached hydrogens (primary N) is 1. The maximum absolute atomic E-state index is 12.0. The van der Waals surface area contributed by atoms with Crippen molar-refractivity contribution >= 4 is 24.0 Å². The zero-order chi connectivity index (χ0) is 15.9. The Bertz CT molecular complexity index is 602. The summed E-state index contributed by atoms with van der Waals surface area (Å²) in [4.78, 5) is 12.0. The minimum Gasteiger partial charge on any atom is -0.399 e. The predicted molar refractivity (Wildman–Crippen MR) is 95.4 cm³/mol. The molecule has 0 radical (unpaired) electrons. The summed E-state index contributed by atoms with van der Waals surface area (Å²) in [6.45, 7) is 1.90. The molecule has 4 nitrogen and oxygen atoms in total. The molecule has 0 saturated carbocycles. The number of rotatable bonds is 6. The molecule has 124 valence electrons. The fraction of sp³-hybridized carbons (Fsp3) is 0.278. The quantitative estimate of drug-likeness (QED) is 0.711. The minimum atomic E-state index is -0.576. The van der Waals surface area contributed by atoms with Crippen molar-refractivity contribution < 1.29 is 9.90 Å². The summed E-state index contributed by atoms with van der Waals surface area (Å²) in [5.74, 6) is -0.0578. The smallest absolute Gasteiger partial charge is 0.224 e. The standard InChI is InChI=1S/C18H22N2O2.ClH/c1-13(11-17(21)15-5-3-2-4-6-15)20-18(22)12-14-7-9-16(19)10-8-14;/h2-10,13,17,21H,11-12,19H2,1H3,(H,20,22);1H. The molecule has 2 aromatic carbocycles. The molecule has 0 aliphatic rings. The van der Waals surface area contributed by atoms with Gasteiger partial charge in [0.25, 0.3) is 0 Å². The molecule has 5 heteroatoms. The number of aliphatic hydroxyl groups excluding tert-OH is 1. The van der Waals surface area contributed by atoms with Gasteiger partial charge in [0, 0.05) is 11.7 Å². The van der Waals surface area contributed by atoms with Gasteiger partial charge in [-0.1, -0.05) is 42.5 Å². The lowest BCUT2D eigenvalue weighted by atomic mass is 10.0.